The van der Waals surface area contributed by atoms with E-state index in [9.17, 15) is 9.50 Å². The number of nitrogens with zero attached hydrogens (tertiary/aromatic N) is 1. The predicted octanol–water partition coefficient (Wildman–Crippen LogP) is 1.53. The van der Waals surface area contributed by atoms with Gasteiger partial charge in [-0.05, 0) is 17.7 Å². The zero-order valence-corrected chi connectivity index (χ0v) is 10.3. The summed E-state index contributed by atoms with van der Waals surface area (Å²) in [4.78, 5) is 2.18. The smallest absolute Gasteiger partial charge is 0.123 e. The summed E-state index contributed by atoms with van der Waals surface area (Å²) in [6.45, 7) is 3.01. The highest BCUT2D eigenvalue weighted by Crippen LogP contribution is 2.08. The van der Waals surface area contributed by atoms with E-state index in [2.05, 4.69) is 4.90 Å². The third-order valence-corrected chi connectivity index (χ3v) is 3.08. The lowest BCUT2D eigenvalue weighted by molar-refractivity contribution is -0.0218. The standard InChI is InChI=1S/C14H18FNO2/c15-13-5-3-12(4-6-13)2-1-7-16-8-9-18-11-14(16)10-17/h1-6,14,17H,7-11H2/b2-1+. The van der Waals surface area contributed by atoms with E-state index in [0.717, 1.165) is 18.7 Å². The van der Waals surface area contributed by atoms with Gasteiger partial charge in [-0.3, -0.25) is 4.90 Å². The molecule has 1 unspecified atom stereocenters. The molecule has 1 N–H and O–H groups in total. The van der Waals surface area contributed by atoms with E-state index >= 15 is 0 Å². The molecule has 0 spiro atoms. The molecule has 1 saturated heterocycles. The Labute approximate surface area is 106 Å². The molecule has 0 amide bonds. The van der Waals surface area contributed by atoms with Crippen LogP contribution in [0.1, 0.15) is 5.56 Å². The molecule has 1 aliphatic rings. The maximum Gasteiger partial charge on any atom is 0.123 e. The van der Waals surface area contributed by atoms with Crippen molar-refractivity contribution in [1.29, 1.82) is 0 Å². The van der Waals surface area contributed by atoms with Crippen molar-refractivity contribution in [2.24, 2.45) is 0 Å². The van der Waals surface area contributed by atoms with Crippen LogP contribution in [0.5, 0.6) is 0 Å². The Morgan fingerprint density at radius 1 is 1.39 bits per heavy atom. The van der Waals surface area contributed by atoms with E-state index < -0.39 is 0 Å². The average Bonchev–Trinajstić information content (AvgIpc) is 2.41. The molecule has 0 radical (unpaired) electrons. The molecule has 0 aliphatic carbocycles. The van der Waals surface area contributed by atoms with Crippen molar-refractivity contribution in [3.63, 3.8) is 0 Å². The van der Waals surface area contributed by atoms with Gasteiger partial charge >= 0.3 is 0 Å². The van der Waals surface area contributed by atoms with E-state index in [1.54, 1.807) is 12.1 Å². The SMILES string of the molecule is OCC1COCCN1C/C=C/c1ccc(F)cc1. The summed E-state index contributed by atoms with van der Waals surface area (Å²) in [5.74, 6) is -0.222. The van der Waals surface area contributed by atoms with Crippen LogP contribution in [0.2, 0.25) is 0 Å². The molecule has 0 aromatic heterocycles. The van der Waals surface area contributed by atoms with Crippen LogP contribution in [0.3, 0.4) is 0 Å². The Balaban J connectivity index is 1.88. The third-order valence-electron chi connectivity index (χ3n) is 3.08. The fourth-order valence-corrected chi connectivity index (χ4v) is 2.00. The van der Waals surface area contributed by atoms with Crippen LogP contribution in [0.25, 0.3) is 6.08 Å². The Bertz CT molecular complexity index is 391. The molecule has 3 nitrogen and oxygen atoms in total. The normalized spacial score (nSPS) is 21.6. The van der Waals surface area contributed by atoms with Crippen molar-refractivity contribution >= 4 is 6.08 Å². The van der Waals surface area contributed by atoms with Crippen LogP contribution in [-0.4, -0.2) is 49.0 Å². The molecule has 1 fully saturated rings. The van der Waals surface area contributed by atoms with Gasteiger partial charge in [0.15, 0.2) is 0 Å². The maximum atomic E-state index is 12.7. The largest absolute Gasteiger partial charge is 0.395 e. The van der Waals surface area contributed by atoms with E-state index in [1.807, 2.05) is 12.2 Å². The van der Waals surface area contributed by atoms with E-state index in [0.29, 0.717) is 13.2 Å². The molecule has 1 aliphatic heterocycles. The Morgan fingerprint density at radius 3 is 2.89 bits per heavy atom. The molecule has 4 heteroatoms. The first kappa shape index (κ1) is 13.2. The molecule has 0 bridgehead atoms. The second-order valence-corrected chi connectivity index (χ2v) is 4.36. The number of rotatable bonds is 4. The number of aliphatic hydroxyl groups is 1. The Kier molecular flexibility index (Phi) is 4.87. The number of halogens is 1. The van der Waals surface area contributed by atoms with E-state index in [-0.39, 0.29) is 18.5 Å². The predicted molar refractivity (Wildman–Crippen MR) is 68.7 cm³/mol. The molecule has 18 heavy (non-hydrogen) atoms. The summed E-state index contributed by atoms with van der Waals surface area (Å²) >= 11 is 0. The summed E-state index contributed by atoms with van der Waals surface area (Å²) in [6, 6.07) is 6.47. The third kappa shape index (κ3) is 3.63. The lowest BCUT2D eigenvalue weighted by atomic mass is 10.2. The van der Waals surface area contributed by atoms with Crippen LogP contribution >= 0.6 is 0 Å². The number of aliphatic hydroxyl groups excluding tert-OH is 1. The molecule has 2 rings (SSSR count). The molecule has 0 saturated carbocycles. The van der Waals surface area contributed by atoms with Gasteiger partial charge in [0.2, 0.25) is 0 Å². The summed E-state index contributed by atoms with van der Waals surface area (Å²) in [5, 5.41) is 9.22. The highest BCUT2D eigenvalue weighted by molar-refractivity contribution is 5.48. The van der Waals surface area contributed by atoms with Crippen molar-refractivity contribution in [2.45, 2.75) is 6.04 Å². The van der Waals surface area contributed by atoms with Gasteiger partial charge in [-0.15, -0.1) is 0 Å². The van der Waals surface area contributed by atoms with Crippen LogP contribution in [-0.2, 0) is 4.74 Å². The van der Waals surface area contributed by atoms with Gasteiger partial charge in [-0.1, -0.05) is 24.3 Å². The molecular weight excluding hydrogens is 233 g/mol. The first-order valence-electron chi connectivity index (χ1n) is 6.14. The fraction of sp³-hybridized carbons (Fsp3) is 0.429. The van der Waals surface area contributed by atoms with Crippen LogP contribution in [0, 0.1) is 5.82 Å². The lowest BCUT2D eigenvalue weighted by Crippen LogP contribution is -2.47. The number of ether oxygens (including phenoxy) is 1. The average molecular weight is 251 g/mol. The Morgan fingerprint density at radius 2 is 2.17 bits per heavy atom. The van der Waals surface area contributed by atoms with Crippen molar-refractivity contribution in [2.75, 3.05) is 32.9 Å². The number of benzene rings is 1. The minimum atomic E-state index is -0.222. The quantitative estimate of drug-likeness (QED) is 0.881. The van der Waals surface area contributed by atoms with E-state index in [4.69, 9.17) is 4.74 Å². The Hall–Kier alpha value is -1.23. The fourth-order valence-electron chi connectivity index (χ4n) is 2.00. The van der Waals surface area contributed by atoms with Crippen LogP contribution < -0.4 is 0 Å². The lowest BCUT2D eigenvalue weighted by Gasteiger charge is -2.33. The van der Waals surface area contributed by atoms with Gasteiger partial charge in [-0.2, -0.15) is 0 Å². The van der Waals surface area contributed by atoms with Gasteiger partial charge in [0.05, 0.1) is 25.9 Å². The van der Waals surface area contributed by atoms with Crippen molar-refractivity contribution in [1.82, 2.24) is 4.90 Å². The minimum absolute atomic E-state index is 0.0802. The summed E-state index contributed by atoms with van der Waals surface area (Å²) in [7, 11) is 0. The highest BCUT2D eigenvalue weighted by Gasteiger charge is 2.20. The van der Waals surface area contributed by atoms with Crippen molar-refractivity contribution in [3.05, 3.63) is 41.7 Å². The second-order valence-electron chi connectivity index (χ2n) is 4.36. The number of morpholine rings is 1. The topological polar surface area (TPSA) is 32.7 Å². The molecule has 1 heterocycles. The first-order chi connectivity index (χ1) is 8.79. The summed E-state index contributed by atoms with van der Waals surface area (Å²) in [5.41, 5.74) is 0.977. The number of hydrogen-bond donors (Lipinski definition) is 1. The van der Waals surface area contributed by atoms with Crippen LogP contribution in [0.4, 0.5) is 4.39 Å². The summed E-state index contributed by atoms with van der Waals surface area (Å²) in [6.07, 6.45) is 3.99. The van der Waals surface area contributed by atoms with Crippen LogP contribution in [0.15, 0.2) is 30.3 Å². The molecule has 1 aromatic rings. The van der Waals surface area contributed by atoms with Gasteiger partial charge in [0.1, 0.15) is 5.82 Å². The van der Waals surface area contributed by atoms with Gasteiger partial charge < -0.3 is 9.84 Å². The molecule has 98 valence electrons. The molecule has 1 atom stereocenters. The van der Waals surface area contributed by atoms with Crippen molar-refractivity contribution in [3.8, 4) is 0 Å². The summed E-state index contributed by atoms with van der Waals surface area (Å²) < 4.78 is 18.0. The van der Waals surface area contributed by atoms with Gasteiger partial charge in [0, 0.05) is 13.1 Å². The molecular formula is C14H18FNO2. The molecule has 1 aromatic carbocycles. The zero-order chi connectivity index (χ0) is 12.8. The van der Waals surface area contributed by atoms with Gasteiger partial charge in [-0.25, -0.2) is 4.39 Å². The highest BCUT2D eigenvalue weighted by atomic mass is 19.1. The first-order valence-corrected chi connectivity index (χ1v) is 6.14. The maximum absolute atomic E-state index is 12.7. The zero-order valence-electron chi connectivity index (χ0n) is 10.3. The minimum Gasteiger partial charge on any atom is -0.395 e. The van der Waals surface area contributed by atoms with E-state index in [1.165, 1.54) is 12.1 Å². The number of hydrogen-bond acceptors (Lipinski definition) is 3. The van der Waals surface area contributed by atoms with Crippen molar-refractivity contribution < 1.29 is 14.2 Å². The monoisotopic (exact) mass is 251 g/mol. The second kappa shape index (κ2) is 6.64. The van der Waals surface area contributed by atoms with Gasteiger partial charge in [0.25, 0.3) is 0 Å².